The van der Waals surface area contributed by atoms with Gasteiger partial charge in [0.2, 0.25) is 0 Å². The van der Waals surface area contributed by atoms with Crippen LogP contribution in [0.2, 0.25) is 0 Å². The molecule has 1 aliphatic heterocycles. The zero-order valence-electron chi connectivity index (χ0n) is 13.1. The molecule has 1 aliphatic rings. The largest absolute Gasteiger partial charge is 0.333 e. The summed E-state index contributed by atoms with van der Waals surface area (Å²) in [6.07, 6.45) is 0. The first-order valence-electron chi connectivity index (χ1n) is 6.88. The van der Waals surface area contributed by atoms with Crippen molar-refractivity contribution in [2.24, 2.45) is 11.8 Å². The number of hydrogen-bond acceptors (Lipinski definition) is 1. The standard InChI is InChI=1S/C16H27NS/c1-9(2)13-14(10(3)4)16(18)17(12(7)8)15(13)11(5)6/h10,12,14H,1-8H3. The Morgan fingerprint density at radius 3 is 1.78 bits per heavy atom. The van der Waals surface area contributed by atoms with Gasteiger partial charge in [0.1, 0.15) is 0 Å². The monoisotopic (exact) mass is 265 g/mol. The van der Waals surface area contributed by atoms with Gasteiger partial charge in [-0.25, -0.2) is 0 Å². The Hall–Kier alpha value is -0.630. The lowest BCUT2D eigenvalue weighted by Gasteiger charge is -2.26. The summed E-state index contributed by atoms with van der Waals surface area (Å²) in [5, 5.41) is 0. The predicted octanol–water partition coefficient (Wildman–Crippen LogP) is 4.94. The third-order valence-corrected chi connectivity index (χ3v) is 3.96. The fourth-order valence-corrected chi connectivity index (χ4v) is 3.54. The van der Waals surface area contributed by atoms with E-state index in [1.165, 1.54) is 22.4 Å². The summed E-state index contributed by atoms with van der Waals surface area (Å²) in [7, 11) is 0. The lowest BCUT2D eigenvalue weighted by Crippen LogP contribution is -2.32. The first-order chi connectivity index (χ1) is 8.20. The van der Waals surface area contributed by atoms with Crippen molar-refractivity contribution in [3.63, 3.8) is 0 Å². The van der Waals surface area contributed by atoms with Crippen molar-refractivity contribution in [2.75, 3.05) is 0 Å². The fraction of sp³-hybridized carbons (Fsp3) is 0.688. The minimum Gasteiger partial charge on any atom is -0.333 e. The van der Waals surface area contributed by atoms with Crippen molar-refractivity contribution < 1.29 is 0 Å². The van der Waals surface area contributed by atoms with Gasteiger partial charge in [-0.3, -0.25) is 0 Å². The van der Waals surface area contributed by atoms with Crippen molar-refractivity contribution in [2.45, 2.75) is 61.4 Å². The van der Waals surface area contributed by atoms with Crippen LogP contribution < -0.4 is 0 Å². The molecule has 0 radical (unpaired) electrons. The van der Waals surface area contributed by atoms with Crippen LogP contribution in [0.25, 0.3) is 0 Å². The molecular formula is C16H27NS. The molecule has 0 amide bonds. The van der Waals surface area contributed by atoms with E-state index in [9.17, 15) is 0 Å². The smallest absolute Gasteiger partial charge is 0.0905 e. The number of nitrogens with zero attached hydrogens (tertiary/aromatic N) is 1. The molecule has 1 heterocycles. The van der Waals surface area contributed by atoms with Crippen LogP contribution in [0.15, 0.2) is 22.4 Å². The summed E-state index contributed by atoms with van der Waals surface area (Å²) in [5.74, 6) is 0.956. The number of thiocarbonyl (C=S) groups is 1. The molecule has 1 atom stereocenters. The van der Waals surface area contributed by atoms with Gasteiger partial charge in [0.25, 0.3) is 0 Å². The molecule has 1 unspecified atom stereocenters. The van der Waals surface area contributed by atoms with Crippen molar-refractivity contribution in [3.8, 4) is 0 Å². The van der Waals surface area contributed by atoms with Gasteiger partial charge in [-0.1, -0.05) is 37.2 Å². The van der Waals surface area contributed by atoms with Crippen molar-refractivity contribution in [1.29, 1.82) is 0 Å². The number of likely N-dealkylation sites (tertiary alicyclic amines) is 1. The summed E-state index contributed by atoms with van der Waals surface area (Å²) < 4.78 is 0. The molecule has 0 aromatic rings. The highest BCUT2D eigenvalue weighted by Crippen LogP contribution is 2.43. The van der Waals surface area contributed by atoms with E-state index in [0.717, 1.165) is 4.99 Å². The zero-order chi connectivity index (χ0) is 14.2. The minimum atomic E-state index is 0.400. The first-order valence-corrected chi connectivity index (χ1v) is 7.29. The van der Waals surface area contributed by atoms with Gasteiger partial charge in [0.05, 0.1) is 4.99 Å². The Labute approximate surface area is 118 Å². The Morgan fingerprint density at radius 1 is 1.00 bits per heavy atom. The molecule has 18 heavy (non-hydrogen) atoms. The second kappa shape index (κ2) is 5.56. The van der Waals surface area contributed by atoms with Crippen molar-refractivity contribution in [3.05, 3.63) is 22.4 Å². The summed E-state index contributed by atoms with van der Waals surface area (Å²) in [4.78, 5) is 3.46. The molecule has 0 spiro atoms. The van der Waals surface area contributed by atoms with Crippen LogP contribution in [-0.2, 0) is 0 Å². The molecule has 1 fully saturated rings. The molecule has 0 N–H and O–H groups in total. The SMILES string of the molecule is CC(C)=C1C(=C(C)C)N(C(C)C)C(=S)C1C(C)C. The van der Waals surface area contributed by atoms with E-state index in [0.29, 0.717) is 17.9 Å². The topological polar surface area (TPSA) is 3.24 Å². The highest BCUT2D eigenvalue weighted by molar-refractivity contribution is 7.80. The van der Waals surface area contributed by atoms with Crippen molar-refractivity contribution in [1.82, 2.24) is 4.90 Å². The Bertz CT molecular complexity index is 367. The van der Waals surface area contributed by atoms with E-state index in [1.54, 1.807) is 0 Å². The molecule has 2 heteroatoms. The van der Waals surface area contributed by atoms with Crippen LogP contribution in [0.1, 0.15) is 55.4 Å². The molecule has 102 valence electrons. The zero-order valence-corrected chi connectivity index (χ0v) is 13.9. The van der Waals surface area contributed by atoms with Gasteiger partial charge in [-0.2, -0.15) is 0 Å². The molecule has 1 saturated heterocycles. The van der Waals surface area contributed by atoms with Crippen molar-refractivity contribution >= 4 is 17.2 Å². The quantitative estimate of drug-likeness (QED) is 0.651. The second-order valence-electron chi connectivity index (χ2n) is 6.29. The molecule has 0 aromatic heterocycles. The molecule has 0 aliphatic carbocycles. The lowest BCUT2D eigenvalue weighted by molar-refractivity contribution is 0.441. The maximum atomic E-state index is 5.76. The van der Waals surface area contributed by atoms with Gasteiger partial charge < -0.3 is 4.90 Å². The average molecular weight is 265 g/mol. The maximum absolute atomic E-state index is 5.76. The third kappa shape index (κ3) is 2.54. The van der Waals surface area contributed by atoms with Gasteiger partial charge in [0.15, 0.2) is 0 Å². The van der Waals surface area contributed by atoms with E-state index < -0.39 is 0 Å². The van der Waals surface area contributed by atoms with E-state index in [2.05, 4.69) is 60.3 Å². The molecule has 0 saturated carbocycles. The van der Waals surface area contributed by atoms with Crippen LogP contribution in [-0.4, -0.2) is 15.9 Å². The summed E-state index contributed by atoms with van der Waals surface area (Å²) in [5.41, 5.74) is 5.60. The normalized spacial score (nSPS) is 20.4. The number of allylic oxidation sites excluding steroid dienone is 3. The van der Waals surface area contributed by atoms with Crippen LogP contribution in [0, 0.1) is 11.8 Å². The van der Waals surface area contributed by atoms with Crippen LogP contribution in [0.5, 0.6) is 0 Å². The molecule has 0 bridgehead atoms. The van der Waals surface area contributed by atoms with Crippen LogP contribution in [0.4, 0.5) is 0 Å². The van der Waals surface area contributed by atoms with E-state index >= 15 is 0 Å². The Kier molecular flexibility index (Phi) is 4.77. The highest BCUT2D eigenvalue weighted by atomic mass is 32.1. The average Bonchev–Trinajstić information content (AvgIpc) is 2.51. The van der Waals surface area contributed by atoms with Gasteiger partial charge in [0, 0.05) is 17.7 Å². The van der Waals surface area contributed by atoms with Crippen LogP contribution >= 0.6 is 12.2 Å². The summed E-state index contributed by atoms with van der Waals surface area (Å²) in [6.45, 7) is 17.8. The predicted molar refractivity (Wildman–Crippen MR) is 84.6 cm³/mol. The van der Waals surface area contributed by atoms with Gasteiger partial charge in [-0.05, 0) is 53.0 Å². The summed E-state index contributed by atoms with van der Waals surface area (Å²) in [6, 6.07) is 0.431. The molecular weight excluding hydrogens is 238 g/mol. The Balaban J connectivity index is 3.51. The first kappa shape index (κ1) is 15.4. The Morgan fingerprint density at radius 2 is 1.50 bits per heavy atom. The minimum absolute atomic E-state index is 0.400. The molecule has 1 rings (SSSR count). The highest BCUT2D eigenvalue weighted by Gasteiger charge is 2.40. The lowest BCUT2D eigenvalue weighted by atomic mass is 9.86. The third-order valence-electron chi connectivity index (χ3n) is 3.51. The maximum Gasteiger partial charge on any atom is 0.0905 e. The van der Waals surface area contributed by atoms with E-state index in [1.807, 2.05) is 0 Å². The van der Waals surface area contributed by atoms with Crippen LogP contribution in [0.3, 0.4) is 0 Å². The second-order valence-corrected chi connectivity index (χ2v) is 6.70. The molecule has 1 nitrogen and oxygen atoms in total. The fourth-order valence-electron chi connectivity index (χ4n) is 2.85. The van der Waals surface area contributed by atoms with E-state index in [4.69, 9.17) is 12.2 Å². The number of hydrogen-bond donors (Lipinski definition) is 0. The van der Waals surface area contributed by atoms with E-state index in [-0.39, 0.29) is 0 Å². The van der Waals surface area contributed by atoms with Gasteiger partial charge >= 0.3 is 0 Å². The van der Waals surface area contributed by atoms with Gasteiger partial charge in [-0.15, -0.1) is 0 Å². The molecule has 0 aromatic carbocycles. The number of rotatable bonds is 2. The summed E-state index contributed by atoms with van der Waals surface area (Å²) >= 11 is 5.76.